The van der Waals surface area contributed by atoms with E-state index < -0.39 is 10.0 Å². The lowest BCUT2D eigenvalue weighted by molar-refractivity contribution is 0.00904. The maximum Gasteiger partial charge on any atom is 0.262 e. The summed E-state index contributed by atoms with van der Waals surface area (Å²) in [5, 5.41) is 0. The molecule has 3 aromatic rings. The Morgan fingerprint density at radius 2 is 1.79 bits per heavy atom. The Morgan fingerprint density at radius 1 is 1.02 bits per heavy atom. The number of nitrogens with zero attached hydrogens (tertiary/aromatic N) is 2. The van der Waals surface area contributed by atoms with Crippen LogP contribution in [0.15, 0.2) is 71.6 Å². The number of benzene rings is 3. The van der Waals surface area contributed by atoms with Crippen LogP contribution in [0.5, 0.6) is 11.5 Å². The summed E-state index contributed by atoms with van der Waals surface area (Å²) in [5.41, 5.74) is 0.998. The fourth-order valence-corrected chi connectivity index (χ4v) is 6.05. The molecule has 226 valence electrons. The van der Waals surface area contributed by atoms with Gasteiger partial charge in [0.15, 0.2) is 0 Å². The molecule has 0 unspecified atom stereocenters. The van der Waals surface area contributed by atoms with E-state index in [1.807, 2.05) is 19.9 Å². The van der Waals surface area contributed by atoms with Gasteiger partial charge in [-0.3, -0.25) is 14.4 Å². The van der Waals surface area contributed by atoms with Crippen molar-refractivity contribution in [3.63, 3.8) is 0 Å². The van der Waals surface area contributed by atoms with Gasteiger partial charge in [-0.15, -0.1) is 0 Å². The molecule has 0 aromatic heterocycles. The number of halogens is 1. The van der Waals surface area contributed by atoms with E-state index in [9.17, 15) is 17.6 Å². The first kappa shape index (κ1) is 31.3. The van der Waals surface area contributed by atoms with Crippen molar-refractivity contribution in [1.29, 1.82) is 0 Å². The van der Waals surface area contributed by atoms with Crippen molar-refractivity contribution in [3.8, 4) is 11.5 Å². The molecule has 42 heavy (non-hydrogen) atoms. The highest BCUT2D eigenvalue weighted by molar-refractivity contribution is 7.92. The molecule has 9 nitrogen and oxygen atoms in total. The molecule has 1 heterocycles. The molecular weight excluding hydrogens is 561 g/mol. The zero-order valence-electron chi connectivity index (χ0n) is 24.5. The molecule has 0 radical (unpaired) electrons. The van der Waals surface area contributed by atoms with Crippen LogP contribution in [0.1, 0.15) is 29.8 Å². The lowest BCUT2D eigenvalue weighted by atomic mass is 10.0. The molecule has 0 spiro atoms. The second kappa shape index (κ2) is 13.5. The van der Waals surface area contributed by atoms with Crippen molar-refractivity contribution in [2.45, 2.75) is 37.4 Å². The van der Waals surface area contributed by atoms with Crippen LogP contribution in [0.4, 0.5) is 10.1 Å². The number of rotatable bonds is 7. The Hall–Kier alpha value is -3.67. The zero-order chi connectivity index (χ0) is 30.4. The van der Waals surface area contributed by atoms with E-state index in [0.717, 1.165) is 0 Å². The second-order valence-corrected chi connectivity index (χ2v) is 12.3. The molecule has 1 aliphatic heterocycles. The van der Waals surface area contributed by atoms with E-state index in [0.29, 0.717) is 30.2 Å². The minimum absolute atomic E-state index is 0.000576. The largest absolute Gasteiger partial charge is 0.497 e. The van der Waals surface area contributed by atoms with Crippen LogP contribution in [0.3, 0.4) is 0 Å². The van der Waals surface area contributed by atoms with E-state index in [-0.39, 0.29) is 59.1 Å². The third kappa shape index (κ3) is 7.39. The summed E-state index contributed by atoms with van der Waals surface area (Å²) in [5.74, 6) is 0.113. The van der Waals surface area contributed by atoms with Gasteiger partial charge in [0.25, 0.3) is 15.9 Å². The summed E-state index contributed by atoms with van der Waals surface area (Å²) in [4.78, 5) is 17.4. The van der Waals surface area contributed by atoms with Gasteiger partial charge in [0, 0.05) is 57.2 Å². The number of hydrogen-bond acceptors (Lipinski definition) is 7. The van der Waals surface area contributed by atoms with E-state index in [1.54, 1.807) is 55.5 Å². The first-order chi connectivity index (χ1) is 20.0. The predicted molar refractivity (Wildman–Crippen MR) is 159 cm³/mol. The summed E-state index contributed by atoms with van der Waals surface area (Å²) in [7, 11) is 0.772. The molecule has 0 bridgehead atoms. The summed E-state index contributed by atoms with van der Waals surface area (Å²) < 4.78 is 60.5. The van der Waals surface area contributed by atoms with Gasteiger partial charge in [-0.1, -0.05) is 31.2 Å². The number of carbonyl (C=O) groups excluding carboxylic acids is 1. The van der Waals surface area contributed by atoms with Crippen molar-refractivity contribution in [2.75, 3.05) is 45.7 Å². The normalized spacial score (nSPS) is 20.6. The number of ether oxygens (including phenoxy) is 3. The molecule has 0 aliphatic carbocycles. The van der Waals surface area contributed by atoms with Crippen molar-refractivity contribution in [3.05, 3.63) is 83.7 Å². The summed E-state index contributed by atoms with van der Waals surface area (Å²) in [6, 6.07) is 17.3. The topological polar surface area (TPSA) is 97.4 Å². The van der Waals surface area contributed by atoms with Crippen molar-refractivity contribution >= 4 is 21.6 Å². The van der Waals surface area contributed by atoms with Gasteiger partial charge < -0.3 is 19.1 Å². The van der Waals surface area contributed by atoms with Crippen LogP contribution in [0.2, 0.25) is 0 Å². The Bertz CT molecular complexity index is 1500. The molecule has 11 heteroatoms. The van der Waals surface area contributed by atoms with Gasteiger partial charge in [-0.2, -0.15) is 0 Å². The minimum atomic E-state index is -3.97. The highest BCUT2D eigenvalue weighted by Crippen LogP contribution is 2.28. The van der Waals surface area contributed by atoms with Crippen LogP contribution < -0.4 is 14.2 Å². The SMILES string of the molecule is COc1cccc(S(=O)(=O)Nc2ccc3c(c2)C(=O)N(C)C[C@@H](OC)[C@@H](C)CN(Cc2ccccc2F)[C@@H](C)CO3)c1. The first-order valence-electron chi connectivity index (χ1n) is 13.7. The van der Waals surface area contributed by atoms with Gasteiger partial charge in [0.05, 0.1) is 23.7 Å². The van der Waals surface area contributed by atoms with Crippen LogP contribution in [-0.2, 0) is 21.3 Å². The summed E-state index contributed by atoms with van der Waals surface area (Å²) in [6.07, 6.45) is -0.298. The molecule has 0 saturated carbocycles. The Kier molecular flexibility index (Phi) is 10.1. The van der Waals surface area contributed by atoms with Crippen molar-refractivity contribution in [2.24, 2.45) is 5.92 Å². The third-order valence-corrected chi connectivity index (χ3v) is 8.89. The monoisotopic (exact) mass is 599 g/mol. The minimum Gasteiger partial charge on any atom is -0.497 e. The smallest absolute Gasteiger partial charge is 0.262 e. The fourth-order valence-electron chi connectivity index (χ4n) is 4.96. The second-order valence-electron chi connectivity index (χ2n) is 10.6. The number of likely N-dealkylation sites (N-methyl/N-ethyl adjacent to an activating group) is 1. The number of fused-ring (bicyclic) bond motifs is 1. The standard InChI is InChI=1S/C31H38FN3O6S/c1-21-17-35(18-23-9-6-7-12-28(23)32)22(2)20-41-29-14-13-24(15-27(29)31(36)34(3)19-30(21)40-5)33-42(37,38)26-11-8-10-25(16-26)39-4/h6-16,21-22,30,33H,17-20H2,1-5H3/t21-,22-,30+/m0/s1. The van der Waals surface area contributed by atoms with Gasteiger partial charge in [0.2, 0.25) is 0 Å². The number of methoxy groups -OCH3 is 2. The molecule has 3 atom stereocenters. The van der Waals surface area contributed by atoms with E-state index in [1.165, 1.54) is 31.4 Å². The Morgan fingerprint density at radius 3 is 2.50 bits per heavy atom. The average molecular weight is 600 g/mol. The van der Waals surface area contributed by atoms with Crippen molar-refractivity contribution < 1.29 is 31.8 Å². The zero-order valence-corrected chi connectivity index (χ0v) is 25.4. The Balaban J connectivity index is 1.66. The maximum atomic E-state index is 14.6. The molecule has 0 fully saturated rings. The molecule has 1 aliphatic rings. The quantitative estimate of drug-likeness (QED) is 0.423. The maximum absolute atomic E-state index is 14.6. The van der Waals surface area contributed by atoms with Gasteiger partial charge in [0.1, 0.15) is 23.9 Å². The summed E-state index contributed by atoms with van der Waals surface area (Å²) >= 11 is 0. The number of nitrogens with one attached hydrogen (secondary N) is 1. The number of amides is 1. The number of carbonyl (C=O) groups is 1. The van der Waals surface area contributed by atoms with Gasteiger partial charge in [-0.05, 0) is 49.2 Å². The molecule has 1 N–H and O–H groups in total. The molecule has 1 amide bonds. The number of hydrogen-bond donors (Lipinski definition) is 1. The highest BCUT2D eigenvalue weighted by Gasteiger charge is 2.29. The Labute approximate surface area is 247 Å². The molecule has 0 saturated heterocycles. The van der Waals surface area contributed by atoms with Crippen LogP contribution in [0, 0.1) is 11.7 Å². The molecule has 4 rings (SSSR count). The first-order valence-corrected chi connectivity index (χ1v) is 15.2. The molecular formula is C31H38FN3O6S. The van der Waals surface area contributed by atoms with Crippen LogP contribution >= 0.6 is 0 Å². The number of sulfonamides is 1. The van der Waals surface area contributed by atoms with E-state index in [4.69, 9.17) is 14.2 Å². The molecule has 3 aromatic carbocycles. The number of anilines is 1. The van der Waals surface area contributed by atoms with E-state index in [2.05, 4.69) is 9.62 Å². The van der Waals surface area contributed by atoms with Gasteiger partial charge >= 0.3 is 0 Å². The van der Waals surface area contributed by atoms with Gasteiger partial charge in [-0.25, -0.2) is 12.8 Å². The van der Waals surface area contributed by atoms with Crippen LogP contribution in [-0.4, -0.2) is 77.2 Å². The lowest BCUT2D eigenvalue weighted by Crippen LogP contribution is -2.46. The fraction of sp³-hybridized carbons (Fsp3) is 0.387. The third-order valence-electron chi connectivity index (χ3n) is 7.51. The lowest BCUT2D eigenvalue weighted by Gasteiger charge is -2.36. The van der Waals surface area contributed by atoms with Crippen LogP contribution in [0.25, 0.3) is 0 Å². The predicted octanol–water partition coefficient (Wildman–Crippen LogP) is 4.64. The average Bonchev–Trinajstić information content (AvgIpc) is 2.98. The van der Waals surface area contributed by atoms with Crippen molar-refractivity contribution in [1.82, 2.24) is 9.80 Å². The summed E-state index contributed by atoms with van der Waals surface area (Å²) in [6.45, 7) is 5.52. The highest BCUT2D eigenvalue weighted by atomic mass is 32.2. The van der Waals surface area contributed by atoms with E-state index >= 15 is 0 Å².